The normalized spacial score (nSPS) is 10.9. The van der Waals surface area contributed by atoms with Crippen LogP contribution in [0.5, 0.6) is 5.75 Å². The van der Waals surface area contributed by atoms with Gasteiger partial charge in [0.25, 0.3) is 0 Å². The lowest BCUT2D eigenvalue weighted by molar-refractivity contribution is 0.322. The number of nitrogens with zero attached hydrogens (tertiary/aromatic N) is 1. The Labute approximate surface area is 120 Å². The second-order valence-corrected chi connectivity index (χ2v) is 4.71. The van der Waals surface area contributed by atoms with E-state index < -0.39 is 5.82 Å². The van der Waals surface area contributed by atoms with Gasteiger partial charge in [-0.15, -0.1) is 0 Å². The largest absolute Gasteiger partial charge is 0.489 e. The smallest absolute Gasteiger partial charge is 0.173 e. The van der Waals surface area contributed by atoms with Gasteiger partial charge in [-0.3, -0.25) is 0 Å². The monoisotopic (exact) mass is 290 g/mol. The first-order valence-electron chi connectivity index (χ1n) is 6.26. The molecule has 0 aliphatic carbocycles. The zero-order valence-corrected chi connectivity index (χ0v) is 11.5. The average Bonchev–Trinajstić information content (AvgIpc) is 2.86. The molecule has 0 bridgehead atoms. The third-order valence-corrected chi connectivity index (χ3v) is 3.23. The lowest BCUT2D eigenvalue weighted by Crippen LogP contribution is -1.96. The third kappa shape index (κ3) is 2.23. The second kappa shape index (κ2) is 5.13. The summed E-state index contributed by atoms with van der Waals surface area (Å²) < 4.78 is 19.2. The van der Waals surface area contributed by atoms with Crippen LogP contribution in [0.15, 0.2) is 36.4 Å². The Morgan fingerprint density at radius 1 is 1.30 bits per heavy atom. The van der Waals surface area contributed by atoms with Crippen molar-refractivity contribution in [3.63, 3.8) is 0 Å². The van der Waals surface area contributed by atoms with Gasteiger partial charge >= 0.3 is 0 Å². The van der Waals surface area contributed by atoms with Crippen molar-refractivity contribution in [1.29, 1.82) is 0 Å². The summed E-state index contributed by atoms with van der Waals surface area (Å²) in [6.07, 6.45) is 0. The lowest BCUT2D eigenvalue weighted by atomic mass is 10.2. The van der Waals surface area contributed by atoms with E-state index in [1.807, 2.05) is 24.3 Å². The molecular weight excluding hydrogens is 279 g/mol. The van der Waals surface area contributed by atoms with Gasteiger partial charge in [0, 0.05) is 5.56 Å². The fourth-order valence-corrected chi connectivity index (χ4v) is 2.33. The number of aromatic amines is 1. The van der Waals surface area contributed by atoms with Gasteiger partial charge in [-0.25, -0.2) is 9.37 Å². The minimum absolute atomic E-state index is 0.0778. The van der Waals surface area contributed by atoms with Crippen molar-refractivity contribution in [2.75, 3.05) is 6.61 Å². The van der Waals surface area contributed by atoms with E-state index in [2.05, 4.69) is 9.97 Å². The van der Waals surface area contributed by atoms with E-state index in [4.69, 9.17) is 16.3 Å². The zero-order valence-electron chi connectivity index (χ0n) is 10.8. The number of ether oxygens (including phenoxy) is 1. The lowest BCUT2D eigenvalue weighted by Gasteiger charge is -2.08. The van der Waals surface area contributed by atoms with Crippen molar-refractivity contribution >= 4 is 22.6 Å². The highest BCUT2D eigenvalue weighted by Gasteiger charge is 2.13. The average molecular weight is 291 g/mol. The molecule has 0 spiro atoms. The summed E-state index contributed by atoms with van der Waals surface area (Å²) in [5.41, 5.74) is 2.31. The topological polar surface area (TPSA) is 37.9 Å². The molecule has 102 valence electrons. The van der Waals surface area contributed by atoms with Crippen LogP contribution in [0.2, 0.25) is 5.02 Å². The molecule has 5 heteroatoms. The predicted octanol–water partition coefficient (Wildman–Crippen LogP) is 4.42. The Balaban J connectivity index is 2.10. The third-order valence-electron chi connectivity index (χ3n) is 2.95. The number of hydrogen-bond acceptors (Lipinski definition) is 2. The first-order valence-corrected chi connectivity index (χ1v) is 6.64. The summed E-state index contributed by atoms with van der Waals surface area (Å²) in [5.74, 6) is 0.166. The highest BCUT2D eigenvalue weighted by Crippen LogP contribution is 2.33. The molecule has 0 radical (unpaired) electrons. The number of H-pyrrole nitrogens is 1. The zero-order chi connectivity index (χ0) is 14.1. The Kier molecular flexibility index (Phi) is 3.32. The van der Waals surface area contributed by atoms with Crippen molar-refractivity contribution < 1.29 is 9.13 Å². The van der Waals surface area contributed by atoms with E-state index in [9.17, 15) is 4.39 Å². The fraction of sp³-hybridized carbons (Fsp3) is 0.133. The van der Waals surface area contributed by atoms with Gasteiger partial charge in [0.2, 0.25) is 0 Å². The van der Waals surface area contributed by atoms with Crippen molar-refractivity contribution in [2.24, 2.45) is 0 Å². The molecule has 3 aromatic rings. The molecule has 3 rings (SSSR count). The maximum Gasteiger partial charge on any atom is 0.173 e. The summed E-state index contributed by atoms with van der Waals surface area (Å²) in [4.78, 5) is 7.56. The molecule has 20 heavy (non-hydrogen) atoms. The number of nitrogens with one attached hydrogen (secondary N) is 1. The van der Waals surface area contributed by atoms with Crippen LogP contribution in [0.3, 0.4) is 0 Å². The van der Waals surface area contributed by atoms with Crippen LogP contribution in [0.4, 0.5) is 4.39 Å². The molecular formula is C15H12ClFN2O. The number of imidazole rings is 1. The van der Waals surface area contributed by atoms with Gasteiger partial charge < -0.3 is 9.72 Å². The van der Waals surface area contributed by atoms with Crippen molar-refractivity contribution in [2.45, 2.75) is 6.92 Å². The molecule has 0 fully saturated rings. The van der Waals surface area contributed by atoms with Gasteiger partial charge in [-0.1, -0.05) is 23.7 Å². The predicted molar refractivity (Wildman–Crippen MR) is 77.7 cm³/mol. The van der Waals surface area contributed by atoms with E-state index in [0.717, 1.165) is 11.0 Å². The van der Waals surface area contributed by atoms with Crippen molar-refractivity contribution in [3.8, 4) is 17.1 Å². The first-order chi connectivity index (χ1) is 9.69. The van der Waals surface area contributed by atoms with E-state index >= 15 is 0 Å². The molecule has 1 N–H and O–H groups in total. The molecule has 0 amide bonds. The molecule has 0 atom stereocenters. The van der Waals surface area contributed by atoms with Crippen LogP contribution in [-0.4, -0.2) is 16.6 Å². The molecule has 1 heterocycles. The highest BCUT2D eigenvalue weighted by atomic mass is 35.5. The van der Waals surface area contributed by atoms with Crippen LogP contribution < -0.4 is 4.74 Å². The summed E-state index contributed by atoms with van der Waals surface area (Å²) in [5, 5.41) is 0.238. The number of para-hydroxylation sites is 2. The number of halogens is 2. The van der Waals surface area contributed by atoms with Gasteiger partial charge in [0.05, 0.1) is 22.7 Å². The summed E-state index contributed by atoms with van der Waals surface area (Å²) in [6.45, 7) is 2.14. The van der Waals surface area contributed by atoms with Crippen LogP contribution in [0, 0.1) is 5.82 Å². The summed E-state index contributed by atoms with van der Waals surface area (Å²) in [7, 11) is 0. The number of hydrogen-bond donors (Lipinski definition) is 1. The quantitative estimate of drug-likeness (QED) is 0.775. The summed E-state index contributed by atoms with van der Waals surface area (Å²) in [6, 6.07) is 10.6. The number of fused-ring (bicyclic) bond motifs is 1. The maximum atomic E-state index is 14.0. The molecule has 0 aliphatic heterocycles. The Bertz CT molecular complexity index is 713. The molecule has 0 saturated carbocycles. The summed E-state index contributed by atoms with van der Waals surface area (Å²) >= 11 is 6.06. The van der Waals surface area contributed by atoms with Crippen LogP contribution in [-0.2, 0) is 0 Å². The van der Waals surface area contributed by atoms with Gasteiger partial charge in [-0.05, 0) is 31.2 Å². The van der Waals surface area contributed by atoms with Gasteiger partial charge in [0.15, 0.2) is 11.6 Å². The number of benzene rings is 2. The van der Waals surface area contributed by atoms with Crippen molar-refractivity contribution in [3.05, 3.63) is 47.2 Å². The molecule has 0 saturated heterocycles. The number of rotatable bonds is 3. The second-order valence-electron chi connectivity index (χ2n) is 4.30. The molecule has 1 aromatic heterocycles. The Morgan fingerprint density at radius 2 is 2.10 bits per heavy atom. The van der Waals surface area contributed by atoms with E-state index in [1.165, 1.54) is 6.07 Å². The maximum absolute atomic E-state index is 14.0. The molecule has 0 unspecified atom stereocenters. The molecule has 3 nitrogen and oxygen atoms in total. The molecule has 0 aliphatic rings. The standard InChI is InChI=1S/C15H12ClFN2O/c1-2-20-14-10(16)7-9(8-11(14)17)15-18-12-5-3-4-6-13(12)19-15/h3-8H,2H2,1H3,(H,18,19). The van der Waals surface area contributed by atoms with Crippen LogP contribution in [0.1, 0.15) is 6.92 Å². The molecule has 2 aromatic carbocycles. The van der Waals surface area contributed by atoms with Crippen molar-refractivity contribution in [1.82, 2.24) is 9.97 Å². The Morgan fingerprint density at radius 3 is 2.80 bits per heavy atom. The van der Waals surface area contributed by atoms with Crippen LogP contribution in [0.25, 0.3) is 22.4 Å². The number of aromatic nitrogens is 2. The highest BCUT2D eigenvalue weighted by molar-refractivity contribution is 6.32. The van der Waals surface area contributed by atoms with Gasteiger partial charge in [0.1, 0.15) is 5.82 Å². The minimum Gasteiger partial charge on any atom is -0.489 e. The van der Waals surface area contributed by atoms with E-state index in [1.54, 1.807) is 13.0 Å². The van der Waals surface area contributed by atoms with E-state index in [-0.39, 0.29) is 10.8 Å². The van der Waals surface area contributed by atoms with Crippen LogP contribution >= 0.6 is 11.6 Å². The minimum atomic E-state index is -0.491. The fourth-order valence-electron chi connectivity index (χ4n) is 2.07. The van der Waals surface area contributed by atoms with E-state index in [0.29, 0.717) is 18.0 Å². The van der Waals surface area contributed by atoms with Gasteiger partial charge in [-0.2, -0.15) is 0 Å². The first kappa shape index (κ1) is 12.9. The Hall–Kier alpha value is -2.07. The SMILES string of the molecule is CCOc1c(F)cc(-c2nc3ccccc3[nH]2)cc1Cl.